The summed E-state index contributed by atoms with van der Waals surface area (Å²) in [4.78, 5) is 12.5. The molecule has 2 unspecified atom stereocenters. The first-order valence-corrected chi connectivity index (χ1v) is 8.24. The summed E-state index contributed by atoms with van der Waals surface area (Å²) in [5, 5.41) is 15.1. The molecule has 3 N–H and O–H groups in total. The van der Waals surface area contributed by atoms with Gasteiger partial charge in [-0.3, -0.25) is 0 Å². The van der Waals surface area contributed by atoms with Crippen LogP contribution < -0.4 is 10.6 Å². The average molecular weight is 312 g/mol. The molecule has 116 valence electrons. The summed E-state index contributed by atoms with van der Waals surface area (Å²) in [6, 6.07) is 4.45. The predicted molar refractivity (Wildman–Crippen MR) is 81.9 cm³/mol. The molecule has 1 aromatic rings. The van der Waals surface area contributed by atoms with Crippen LogP contribution in [0.3, 0.4) is 0 Å². The Balaban J connectivity index is 1.92. The number of thioether (sulfide) groups is 1. The van der Waals surface area contributed by atoms with Crippen molar-refractivity contribution in [2.45, 2.75) is 43.2 Å². The van der Waals surface area contributed by atoms with Gasteiger partial charge in [0, 0.05) is 17.2 Å². The van der Waals surface area contributed by atoms with Gasteiger partial charge >= 0.3 is 6.03 Å². The quantitative estimate of drug-likeness (QED) is 0.783. The molecule has 1 aliphatic heterocycles. The Bertz CT molecular complexity index is 499. The van der Waals surface area contributed by atoms with Crippen LogP contribution in [-0.2, 0) is 0 Å². The van der Waals surface area contributed by atoms with Crippen molar-refractivity contribution >= 4 is 17.8 Å². The molecule has 0 bridgehead atoms. The Morgan fingerprint density at radius 1 is 1.57 bits per heavy atom. The first kappa shape index (κ1) is 16.1. The van der Waals surface area contributed by atoms with Crippen LogP contribution >= 0.6 is 11.8 Å². The van der Waals surface area contributed by atoms with E-state index in [-0.39, 0.29) is 24.4 Å². The number of hydrogen-bond donors (Lipinski definition) is 3. The van der Waals surface area contributed by atoms with E-state index < -0.39 is 6.10 Å². The summed E-state index contributed by atoms with van der Waals surface area (Å²) in [7, 11) is 0. The third-order valence-corrected chi connectivity index (χ3v) is 4.61. The zero-order chi connectivity index (χ0) is 15.2. The van der Waals surface area contributed by atoms with E-state index in [1.807, 2.05) is 13.0 Å². The van der Waals surface area contributed by atoms with E-state index in [4.69, 9.17) is 0 Å². The third-order valence-electron chi connectivity index (χ3n) is 3.45. The molecule has 0 saturated carbocycles. The van der Waals surface area contributed by atoms with Gasteiger partial charge < -0.3 is 15.7 Å². The van der Waals surface area contributed by atoms with Crippen LogP contribution in [0, 0.1) is 5.82 Å². The molecule has 2 atom stereocenters. The van der Waals surface area contributed by atoms with E-state index >= 15 is 0 Å². The number of benzene rings is 1. The molecular weight excluding hydrogens is 291 g/mol. The Kier molecular flexibility index (Phi) is 5.87. The Morgan fingerprint density at radius 3 is 3.14 bits per heavy atom. The predicted octanol–water partition coefficient (Wildman–Crippen LogP) is 2.82. The lowest BCUT2D eigenvalue weighted by Crippen LogP contribution is -2.42. The molecule has 6 heteroatoms. The molecule has 0 aromatic heterocycles. The van der Waals surface area contributed by atoms with Gasteiger partial charge in [-0.05, 0) is 24.5 Å². The number of aliphatic hydroxyl groups excluding tert-OH is 1. The second-order valence-corrected chi connectivity index (χ2v) is 6.25. The average Bonchev–Trinajstić information content (AvgIpc) is 2.47. The van der Waals surface area contributed by atoms with E-state index in [9.17, 15) is 14.3 Å². The van der Waals surface area contributed by atoms with Gasteiger partial charge in [-0.25, -0.2) is 9.18 Å². The van der Waals surface area contributed by atoms with E-state index in [1.54, 1.807) is 6.07 Å². The van der Waals surface area contributed by atoms with Gasteiger partial charge in [0.2, 0.25) is 0 Å². The minimum atomic E-state index is -0.521. The van der Waals surface area contributed by atoms with Crippen LogP contribution in [-0.4, -0.2) is 29.5 Å². The summed E-state index contributed by atoms with van der Waals surface area (Å²) in [6.45, 7) is 2.21. The molecule has 1 aliphatic rings. The van der Waals surface area contributed by atoms with E-state index in [0.717, 1.165) is 24.2 Å². The van der Waals surface area contributed by atoms with Crippen molar-refractivity contribution < 1.29 is 14.3 Å². The zero-order valence-corrected chi connectivity index (χ0v) is 12.9. The molecular formula is C15H21FN2O2S. The lowest BCUT2D eigenvalue weighted by Gasteiger charge is -2.26. The van der Waals surface area contributed by atoms with Crippen LogP contribution in [0.25, 0.3) is 0 Å². The molecule has 2 amide bonds. The SMILES string of the molecule is CCCC(O)CNC(=O)NC1CCSc2c(F)cccc21. The highest BCUT2D eigenvalue weighted by Crippen LogP contribution is 2.37. The molecule has 2 rings (SSSR count). The number of carbonyl (C=O) groups is 1. The van der Waals surface area contributed by atoms with Gasteiger partial charge in [-0.1, -0.05) is 25.5 Å². The standard InChI is InChI=1S/C15H21FN2O2S/c1-2-4-10(19)9-17-15(20)18-13-7-8-21-14-11(13)5-3-6-12(14)16/h3,5-6,10,13,19H,2,4,7-9H2,1H3,(H2,17,18,20). The highest BCUT2D eigenvalue weighted by molar-refractivity contribution is 7.99. The van der Waals surface area contributed by atoms with Crippen molar-refractivity contribution in [3.05, 3.63) is 29.6 Å². The maximum absolute atomic E-state index is 13.7. The van der Waals surface area contributed by atoms with Crippen molar-refractivity contribution in [1.82, 2.24) is 10.6 Å². The highest BCUT2D eigenvalue weighted by Gasteiger charge is 2.24. The lowest BCUT2D eigenvalue weighted by atomic mass is 10.0. The molecule has 0 fully saturated rings. The number of urea groups is 1. The van der Waals surface area contributed by atoms with Crippen molar-refractivity contribution in [1.29, 1.82) is 0 Å². The maximum Gasteiger partial charge on any atom is 0.315 e. The van der Waals surface area contributed by atoms with Gasteiger partial charge in [-0.15, -0.1) is 11.8 Å². The number of fused-ring (bicyclic) bond motifs is 1. The Labute approximate surface area is 128 Å². The molecule has 0 spiro atoms. The fourth-order valence-corrected chi connectivity index (χ4v) is 3.53. The van der Waals surface area contributed by atoms with Crippen LogP contribution in [0.2, 0.25) is 0 Å². The van der Waals surface area contributed by atoms with Crippen LogP contribution in [0.1, 0.15) is 37.8 Å². The summed E-state index contributed by atoms with van der Waals surface area (Å²) in [5.74, 6) is 0.542. The van der Waals surface area contributed by atoms with E-state index in [2.05, 4.69) is 10.6 Å². The summed E-state index contributed by atoms with van der Waals surface area (Å²) < 4.78 is 13.7. The van der Waals surface area contributed by atoms with Crippen molar-refractivity contribution in [2.75, 3.05) is 12.3 Å². The number of hydrogen-bond acceptors (Lipinski definition) is 3. The molecule has 0 aliphatic carbocycles. The number of rotatable bonds is 5. The Morgan fingerprint density at radius 2 is 2.38 bits per heavy atom. The second kappa shape index (κ2) is 7.66. The summed E-state index contributed by atoms with van der Waals surface area (Å²) >= 11 is 1.48. The van der Waals surface area contributed by atoms with Gasteiger partial charge in [0.25, 0.3) is 0 Å². The number of carbonyl (C=O) groups excluding carboxylic acids is 1. The zero-order valence-electron chi connectivity index (χ0n) is 12.1. The van der Waals surface area contributed by atoms with Crippen molar-refractivity contribution in [3.63, 3.8) is 0 Å². The van der Waals surface area contributed by atoms with Gasteiger partial charge in [-0.2, -0.15) is 0 Å². The van der Waals surface area contributed by atoms with Crippen molar-refractivity contribution in [2.24, 2.45) is 0 Å². The summed E-state index contributed by atoms with van der Waals surface area (Å²) in [5.41, 5.74) is 0.829. The molecule has 0 saturated heterocycles. The molecule has 1 heterocycles. The van der Waals surface area contributed by atoms with E-state index in [1.165, 1.54) is 17.8 Å². The minimum absolute atomic E-state index is 0.180. The smallest absolute Gasteiger partial charge is 0.315 e. The summed E-state index contributed by atoms with van der Waals surface area (Å²) in [6.07, 6.45) is 1.78. The second-order valence-electron chi connectivity index (χ2n) is 5.14. The van der Waals surface area contributed by atoms with Crippen LogP contribution in [0.15, 0.2) is 23.1 Å². The largest absolute Gasteiger partial charge is 0.391 e. The minimum Gasteiger partial charge on any atom is -0.391 e. The van der Waals surface area contributed by atoms with E-state index in [0.29, 0.717) is 11.3 Å². The highest BCUT2D eigenvalue weighted by atomic mass is 32.2. The first-order chi connectivity index (χ1) is 10.1. The lowest BCUT2D eigenvalue weighted by molar-refractivity contribution is 0.160. The molecule has 21 heavy (non-hydrogen) atoms. The third kappa shape index (κ3) is 4.35. The van der Waals surface area contributed by atoms with Crippen LogP contribution in [0.5, 0.6) is 0 Å². The number of amides is 2. The topological polar surface area (TPSA) is 61.4 Å². The molecule has 0 radical (unpaired) electrons. The number of halogens is 1. The van der Waals surface area contributed by atoms with Gasteiger partial charge in [0.15, 0.2) is 0 Å². The number of aliphatic hydroxyl groups is 1. The fraction of sp³-hybridized carbons (Fsp3) is 0.533. The number of nitrogens with one attached hydrogen (secondary N) is 2. The molecule has 4 nitrogen and oxygen atoms in total. The monoisotopic (exact) mass is 312 g/mol. The maximum atomic E-state index is 13.7. The fourth-order valence-electron chi connectivity index (χ4n) is 2.39. The van der Waals surface area contributed by atoms with Crippen molar-refractivity contribution in [3.8, 4) is 0 Å². The van der Waals surface area contributed by atoms with Gasteiger partial charge in [0.1, 0.15) is 5.82 Å². The first-order valence-electron chi connectivity index (χ1n) is 7.25. The molecule has 1 aromatic carbocycles. The Hall–Kier alpha value is -1.27. The van der Waals surface area contributed by atoms with Gasteiger partial charge in [0.05, 0.1) is 12.1 Å². The normalized spacial score (nSPS) is 18.7. The van der Waals surface area contributed by atoms with Crippen LogP contribution in [0.4, 0.5) is 9.18 Å².